The molecule has 5 nitrogen and oxygen atoms in total. The summed E-state index contributed by atoms with van der Waals surface area (Å²) in [5.41, 5.74) is 1.60. The summed E-state index contributed by atoms with van der Waals surface area (Å²) in [5, 5.41) is 0. The Morgan fingerprint density at radius 1 is 1.00 bits per heavy atom. The molecule has 0 saturated carbocycles. The molecular formula is C21H18INO4S. The maximum absolute atomic E-state index is 12.6. The second kappa shape index (κ2) is 9.20. The first-order valence-electron chi connectivity index (χ1n) is 8.54. The molecule has 3 aromatic rings. The molecule has 0 atom stereocenters. The monoisotopic (exact) mass is 507 g/mol. The van der Waals surface area contributed by atoms with Crippen LogP contribution in [0.2, 0.25) is 0 Å². The summed E-state index contributed by atoms with van der Waals surface area (Å²) in [7, 11) is -3.96. The summed E-state index contributed by atoms with van der Waals surface area (Å²) in [6.07, 6.45) is 1.70. The highest BCUT2D eigenvalue weighted by atomic mass is 127. The number of nitrogens with zero attached hydrogens (tertiary/aromatic N) is 1. The number of ether oxygens (including phenoxy) is 1. The molecule has 0 aliphatic carbocycles. The lowest BCUT2D eigenvalue weighted by molar-refractivity contribution is 0.327. The van der Waals surface area contributed by atoms with Crippen LogP contribution in [-0.4, -0.2) is 21.2 Å². The fraction of sp³-hybridized carbons (Fsp3) is 0.0952. The standard InChI is InChI=1S/C21H18INO4S/c1-2-26-20-14-16(15-23-17-9-5-3-6-10-17)13-19(22)21(20)27-28(24,25)18-11-7-4-8-12-18/h3-15H,2H2,1H3. The first-order chi connectivity index (χ1) is 13.5. The van der Waals surface area contributed by atoms with Crippen molar-refractivity contribution >= 4 is 44.6 Å². The molecule has 0 aromatic heterocycles. The van der Waals surface area contributed by atoms with Crippen molar-refractivity contribution in [2.24, 2.45) is 4.99 Å². The molecule has 3 aromatic carbocycles. The van der Waals surface area contributed by atoms with Crippen LogP contribution >= 0.6 is 22.6 Å². The van der Waals surface area contributed by atoms with E-state index >= 15 is 0 Å². The van der Waals surface area contributed by atoms with Gasteiger partial charge in [-0.1, -0.05) is 36.4 Å². The predicted octanol–water partition coefficient (Wildman–Crippen LogP) is 5.21. The van der Waals surface area contributed by atoms with Crippen LogP contribution in [0.15, 0.2) is 82.7 Å². The van der Waals surface area contributed by atoms with Crippen molar-refractivity contribution < 1.29 is 17.3 Å². The molecule has 0 unspecified atom stereocenters. The van der Waals surface area contributed by atoms with Crippen LogP contribution < -0.4 is 8.92 Å². The van der Waals surface area contributed by atoms with Gasteiger partial charge in [-0.15, -0.1) is 0 Å². The molecule has 0 bridgehead atoms. The van der Waals surface area contributed by atoms with E-state index in [4.69, 9.17) is 8.92 Å². The molecule has 7 heteroatoms. The van der Waals surface area contributed by atoms with Crippen molar-refractivity contribution in [3.8, 4) is 11.5 Å². The van der Waals surface area contributed by atoms with Gasteiger partial charge in [0.05, 0.1) is 15.9 Å². The molecule has 0 saturated heterocycles. The summed E-state index contributed by atoms with van der Waals surface area (Å²) < 4.78 is 36.9. The summed E-state index contributed by atoms with van der Waals surface area (Å²) in [4.78, 5) is 4.51. The van der Waals surface area contributed by atoms with Gasteiger partial charge in [0.2, 0.25) is 0 Å². The number of para-hydroxylation sites is 1. The Kier molecular flexibility index (Phi) is 6.69. The van der Waals surface area contributed by atoms with Crippen molar-refractivity contribution in [1.29, 1.82) is 0 Å². The van der Waals surface area contributed by atoms with Crippen LogP contribution in [0.1, 0.15) is 12.5 Å². The van der Waals surface area contributed by atoms with E-state index in [1.807, 2.05) is 59.8 Å². The zero-order chi connectivity index (χ0) is 20.0. The van der Waals surface area contributed by atoms with Crippen molar-refractivity contribution in [3.05, 3.63) is 81.9 Å². The Bertz CT molecular complexity index is 1070. The maximum atomic E-state index is 12.6. The highest BCUT2D eigenvalue weighted by Gasteiger charge is 2.21. The fourth-order valence-corrected chi connectivity index (χ4v) is 4.28. The lowest BCUT2D eigenvalue weighted by Crippen LogP contribution is -2.12. The molecular weight excluding hydrogens is 489 g/mol. The topological polar surface area (TPSA) is 65.0 Å². The first-order valence-corrected chi connectivity index (χ1v) is 11.0. The number of rotatable bonds is 7. The SMILES string of the molecule is CCOc1cc(C=Nc2ccccc2)cc(I)c1OS(=O)(=O)c1ccccc1. The smallest absolute Gasteiger partial charge is 0.339 e. The Morgan fingerprint density at radius 2 is 1.64 bits per heavy atom. The highest BCUT2D eigenvalue weighted by molar-refractivity contribution is 14.1. The van der Waals surface area contributed by atoms with Crippen molar-refractivity contribution in [2.45, 2.75) is 11.8 Å². The zero-order valence-corrected chi connectivity index (χ0v) is 18.1. The summed E-state index contributed by atoms with van der Waals surface area (Å²) >= 11 is 2.03. The normalized spacial score (nSPS) is 11.5. The lowest BCUT2D eigenvalue weighted by atomic mass is 10.2. The Balaban J connectivity index is 1.94. The lowest BCUT2D eigenvalue weighted by Gasteiger charge is -2.14. The van der Waals surface area contributed by atoms with Gasteiger partial charge in [-0.2, -0.15) is 8.42 Å². The van der Waals surface area contributed by atoms with Gasteiger partial charge < -0.3 is 8.92 Å². The Labute approximate surface area is 178 Å². The van der Waals surface area contributed by atoms with Gasteiger partial charge in [-0.3, -0.25) is 4.99 Å². The predicted molar refractivity (Wildman–Crippen MR) is 118 cm³/mol. The maximum Gasteiger partial charge on any atom is 0.339 e. The van der Waals surface area contributed by atoms with Crippen LogP contribution in [0.5, 0.6) is 11.5 Å². The third-order valence-corrected chi connectivity index (χ3v) is 5.71. The van der Waals surface area contributed by atoms with Crippen LogP contribution in [-0.2, 0) is 10.1 Å². The van der Waals surface area contributed by atoms with Gasteiger partial charge in [-0.05, 0) is 71.5 Å². The average Bonchev–Trinajstić information content (AvgIpc) is 2.70. The van der Waals surface area contributed by atoms with Crippen molar-refractivity contribution in [3.63, 3.8) is 0 Å². The third-order valence-electron chi connectivity index (χ3n) is 3.68. The third kappa shape index (κ3) is 5.11. The van der Waals surface area contributed by atoms with Gasteiger partial charge in [0, 0.05) is 6.21 Å². The van der Waals surface area contributed by atoms with E-state index in [1.54, 1.807) is 36.5 Å². The number of hydrogen-bond donors (Lipinski definition) is 0. The average molecular weight is 507 g/mol. The van der Waals surface area contributed by atoms with Crippen LogP contribution in [0, 0.1) is 3.57 Å². The largest absolute Gasteiger partial charge is 0.490 e. The molecule has 28 heavy (non-hydrogen) atoms. The number of benzene rings is 3. The molecule has 0 amide bonds. The van der Waals surface area contributed by atoms with Gasteiger partial charge in [-0.25, -0.2) is 0 Å². The minimum absolute atomic E-state index is 0.0861. The van der Waals surface area contributed by atoms with E-state index in [-0.39, 0.29) is 10.6 Å². The molecule has 0 heterocycles. The second-order valence-corrected chi connectivity index (χ2v) is 8.42. The number of halogens is 1. The highest BCUT2D eigenvalue weighted by Crippen LogP contribution is 2.36. The van der Waals surface area contributed by atoms with Crippen molar-refractivity contribution in [1.82, 2.24) is 0 Å². The van der Waals surface area contributed by atoms with E-state index in [9.17, 15) is 8.42 Å². The van der Waals surface area contributed by atoms with Crippen LogP contribution in [0.3, 0.4) is 0 Å². The van der Waals surface area contributed by atoms with E-state index < -0.39 is 10.1 Å². The molecule has 0 aliphatic rings. The minimum atomic E-state index is -3.96. The van der Waals surface area contributed by atoms with E-state index in [1.165, 1.54) is 12.1 Å². The Morgan fingerprint density at radius 3 is 2.29 bits per heavy atom. The molecule has 144 valence electrons. The molecule has 0 fully saturated rings. The van der Waals surface area contributed by atoms with Gasteiger partial charge in [0.15, 0.2) is 11.5 Å². The van der Waals surface area contributed by atoms with Crippen molar-refractivity contribution in [2.75, 3.05) is 6.61 Å². The van der Waals surface area contributed by atoms with Crippen LogP contribution in [0.25, 0.3) is 0 Å². The minimum Gasteiger partial charge on any atom is -0.490 e. The zero-order valence-electron chi connectivity index (χ0n) is 15.1. The molecule has 0 radical (unpaired) electrons. The summed E-state index contributed by atoms with van der Waals surface area (Å²) in [6.45, 7) is 2.20. The Hall–Kier alpha value is -2.39. The molecule has 3 rings (SSSR count). The first kappa shape index (κ1) is 20.3. The number of hydrogen-bond acceptors (Lipinski definition) is 5. The quantitative estimate of drug-likeness (QED) is 0.250. The van der Waals surface area contributed by atoms with Gasteiger partial charge in [0.25, 0.3) is 0 Å². The summed E-state index contributed by atoms with van der Waals surface area (Å²) in [5.74, 6) is 0.520. The second-order valence-electron chi connectivity index (χ2n) is 5.71. The van der Waals surface area contributed by atoms with E-state index in [0.717, 1.165) is 11.3 Å². The molecule has 0 aliphatic heterocycles. The summed E-state index contributed by atoms with van der Waals surface area (Å²) in [6, 6.07) is 21.1. The fourth-order valence-electron chi connectivity index (χ4n) is 2.41. The molecule has 0 N–H and O–H groups in total. The molecule has 0 spiro atoms. The van der Waals surface area contributed by atoms with E-state index in [2.05, 4.69) is 4.99 Å². The van der Waals surface area contributed by atoms with E-state index in [0.29, 0.717) is 15.9 Å². The van der Waals surface area contributed by atoms with Gasteiger partial charge >= 0.3 is 10.1 Å². The van der Waals surface area contributed by atoms with Crippen LogP contribution in [0.4, 0.5) is 5.69 Å². The van der Waals surface area contributed by atoms with Gasteiger partial charge in [0.1, 0.15) is 4.90 Å². The number of aliphatic imine (C=N–C) groups is 1.